The van der Waals surface area contributed by atoms with Crippen LogP contribution in [-0.4, -0.2) is 30.3 Å². The molecule has 1 aliphatic rings. The third kappa shape index (κ3) is 7.13. The van der Waals surface area contributed by atoms with Crippen LogP contribution >= 0.6 is 24.0 Å². The zero-order chi connectivity index (χ0) is 19.8. The maximum atomic E-state index is 6.29. The van der Waals surface area contributed by atoms with Crippen LogP contribution in [-0.2, 0) is 20.1 Å². The van der Waals surface area contributed by atoms with E-state index in [1.54, 1.807) is 7.11 Å². The minimum atomic E-state index is 0. The Bertz CT molecular complexity index is 785. The summed E-state index contributed by atoms with van der Waals surface area (Å²) in [5.41, 5.74) is 2.30. The SMILES string of the molecule is CCNC(=NCc1ccn(C)c1)NCc1ccc(OC)cc1OC1CCCC1.I. The molecular formula is C22H33IN4O2. The molecular weight excluding hydrogens is 479 g/mol. The molecule has 0 bridgehead atoms. The summed E-state index contributed by atoms with van der Waals surface area (Å²) in [7, 11) is 3.71. The lowest BCUT2D eigenvalue weighted by Gasteiger charge is -2.18. The second-order valence-electron chi connectivity index (χ2n) is 7.23. The maximum Gasteiger partial charge on any atom is 0.191 e. The molecule has 0 radical (unpaired) electrons. The fraction of sp³-hybridized carbons (Fsp3) is 0.500. The first kappa shape index (κ1) is 23.4. The number of nitrogens with zero attached hydrogens (tertiary/aromatic N) is 2. The lowest BCUT2D eigenvalue weighted by molar-refractivity contribution is 0.207. The van der Waals surface area contributed by atoms with Crippen molar-refractivity contribution >= 4 is 29.9 Å². The van der Waals surface area contributed by atoms with Gasteiger partial charge in [-0.1, -0.05) is 0 Å². The van der Waals surface area contributed by atoms with Crippen LogP contribution in [0.4, 0.5) is 0 Å². The Morgan fingerprint density at radius 2 is 2.00 bits per heavy atom. The third-order valence-electron chi connectivity index (χ3n) is 4.97. The maximum absolute atomic E-state index is 6.29. The van der Waals surface area contributed by atoms with Gasteiger partial charge in [0.1, 0.15) is 11.5 Å². The molecule has 0 amide bonds. The van der Waals surface area contributed by atoms with Crippen molar-refractivity contribution in [3.63, 3.8) is 0 Å². The molecule has 3 rings (SSSR count). The van der Waals surface area contributed by atoms with Gasteiger partial charge in [0.2, 0.25) is 0 Å². The molecule has 0 aliphatic heterocycles. The van der Waals surface area contributed by atoms with E-state index in [0.717, 1.165) is 42.4 Å². The van der Waals surface area contributed by atoms with Crippen molar-refractivity contribution in [2.45, 2.75) is 51.8 Å². The number of aryl methyl sites for hydroxylation is 1. The highest BCUT2D eigenvalue weighted by atomic mass is 127. The molecule has 2 aromatic rings. The first-order chi connectivity index (χ1) is 13.7. The molecule has 29 heavy (non-hydrogen) atoms. The minimum Gasteiger partial charge on any atom is -0.497 e. The van der Waals surface area contributed by atoms with Gasteiger partial charge in [0, 0.05) is 44.2 Å². The molecule has 0 unspecified atom stereocenters. The number of aliphatic imine (C=N–C) groups is 1. The molecule has 1 aromatic carbocycles. The van der Waals surface area contributed by atoms with E-state index < -0.39 is 0 Å². The number of ether oxygens (including phenoxy) is 2. The van der Waals surface area contributed by atoms with Crippen molar-refractivity contribution in [1.29, 1.82) is 0 Å². The first-order valence-corrected chi connectivity index (χ1v) is 10.1. The Hall–Kier alpha value is -1.90. The smallest absolute Gasteiger partial charge is 0.191 e. The molecule has 1 aromatic heterocycles. The normalized spacial score (nSPS) is 14.4. The number of benzene rings is 1. The van der Waals surface area contributed by atoms with Gasteiger partial charge < -0.3 is 24.7 Å². The van der Waals surface area contributed by atoms with E-state index in [1.165, 1.54) is 18.4 Å². The van der Waals surface area contributed by atoms with Crippen LogP contribution in [0.5, 0.6) is 11.5 Å². The summed E-state index contributed by atoms with van der Waals surface area (Å²) < 4.78 is 13.7. The van der Waals surface area contributed by atoms with Crippen LogP contribution in [0.3, 0.4) is 0 Å². The monoisotopic (exact) mass is 512 g/mol. The minimum absolute atomic E-state index is 0. The number of nitrogens with one attached hydrogen (secondary N) is 2. The second kappa shape index (κ2) is 11.9. The zero-order valence-corrected chi connectivity index (χ0v) is 19.9. The Labute approximate surface area is 191 Å². The number of hydrogen-bond donors (Lipinski definition) is 2. The fourth-order valence-corrected chi connectivity index (χ4v) is 3.45. The molecule has 0 spiro atoms. The molecule has 0 atom stereocenters. The lowest BCUT2D eigenvalue weighted by Crippen LogP contribution is -2.36. The molecule has 6 nitrogen and oxygen atoms in total. The van der Waals surface area contributed by atoms with E-state index in [4.69, 9.17) is 14.5 Å². The summed E-state index contributed by atoms with van der Waals surface area (Å²) in [5, 5.41) is 6.74. The summed E-state index contributed by atoms with van der Waals surface area (Å²) in [6, 6.07) is 8.12. The van der Waals surface area contributed by atoms with E-state index in [9.17, 15) is 0 Å². The zero-order valence-electron chi connectivity index (χ0n) is 17.6. The molecule has 160 valence electrons. The van der Waals surface area contributed by atoms with E-state index in [2.05, 4.69) is 35.9 Å². The average Bonchev–Trinajstić information content (AvgIpc) is 3.36. The van der Waals surface area contributed by atoms with Crippen molar-refractivity contribution in [2.75, 3.05) is 13.7 Å². The second-order valence-corrected chi connectivity index (χ2v) is 7.23. The number of halogens is 1. The predicted octanol–water partition coefficient (Wildman–Crippen LogP) is 4.23. The topological polar surface area (TPSA) is 59.8 Å². The largest absolute Gasteiger partial charge is 0.497 e. The van der Waals surface area contributed by atoms with Gasteiger partial charge in [-0.05, 0) is 56.4 Å². The van der Waals surface area contributed by atoms with Crippen LogP contribution in [0.2, 0.25) is 0 Å². The van der Waals surface area contributed by atoms with E-state index >= 15 is 0 Å². The van der Waals surface area contributed by atoms with Crippen molar-refractivity contribution in [3.05, 3.63) is 47.8 Å². The van der Waals surface area contributed by atoms with Crippen LogP contribution < -0.4 is 20.1 Å². The fourth-order valence-electron chi connectivity index (χ4n) is 3.45. The Morgan fingerprint density at radius 3 is 2.66 bits per heavy atom. The van der Waals surface area contributed by atoms with E-state index in [0.29, 0.717) is 19.2 Å². The summed E-state index contributed by atoms with van der Waals surface area (Å²) >= 11 is 0. The van der Waals surface area contributed by atoms with Crippen LogP contribution in [0.15, 0.2) is 41.7 Å². The Morgan fingerprint density at radius 1 is 1.21 bits per heavy atom. The Kier molecular flexibility index (Phi) is 9.63. The van der Waals surface area contributed by atoms with Crippen molar-refractivity contribution in [1.82, 2.24) is 15.2 Å². The highest BCUT2D eigenvalue weighted by Crippen LogP contribution is 2.30. The summed E-state index contributed by atoms with van der Waals surface area (Å²) in [4.78, 5) is 4.69. The standard InChI is InChI=1S/C22H32N4O2.HI/c1-4-23-22(24-14-17-11-12-26(2)16-17)25-15-18-9-10-20(27-3)13-21(18)28-19-7-5-6-8-19;/h9-13,16,19H,4-8,14-15H2,1-3H3,(H2,23,24,25);1H. The predicted molar refractivity (Wildman–Crippen MR) is 128 cm³/mol. The molecule has 1 saturated carbocycles. The molecule has 7 heteroatoms. The van der Waals surface area contributed by atoms with E-state index in [1.807, 2.05) is 29.9 Å². The van der Waals surface area contributed by atoms with Gasteiger partial charge in [0.25, 0.3) is 0 Å². The van der Waals surface area contributed by atoms with Gasteiger partial charge in [-0.2, -0.15) is 0 Å². The third-order valence-corrected chi connectivity index (χ3v) is 4.97. The average molecular weight is 512 g/mol. The number of hydrogen-bond acceptors (Lipinski definition) is 3. The number of aromatic nitrogens is 1. The van der Waals surface area contributed by atoms with Crippen molar-refractivity contribution in [2.24, 2.45) is 12.0 Å². The summed E-state index contributed by atoms with van der Waals surface area (Å²) in [5.74, 6) is 2.52. The van der Waals surface area contributed by atoms with Gasteiger partial charge in [-0.15, -0.1) is 24.0 Å². The quantitative estimate of drug-likeness (QED) is 0.316. The van der Waals surface area contributed by atoms with Crippen molar-refractivity contribution < 1.29 is 9.47 Å². The number of guanidine groups is 1. The highest BCUT2D eigenvalue weighted by molar-refractivity contribution is 14.0. The number of rotatable bonds is 8. The van der Waals surface area contributed by atoms with Crippen molar-refractivity contribution in [3.8, 4) is 11.5 Å². The lowest BCUT2D eigenvalue weighted by atomic mass is 10.2. The van der Waals surface area contributed by atoms with E-state index in [-0.39, 0.29) is 24.0 Å². The van der Waals surface area contributed by atoms with Gasteiger partial charge in [0.05, 0.1) is 19.8 Å². The molecule has 0 saturated heterocycles. The molecule has 1 fully saturated rings. The van der Waals surface area contributed by atoms with Gasteiger partial charge in [-0.3, -0.25) is 0 Å². The first-order valence-electron chi connectivity index (χ1n) is 10.1. The van der Waals surface area contributed by atoms with Crippen LogP contribution in [0, 0.1) is 0 Å². The van der Waals surface area contributed by atoms with Crippen LogP contribution in [0.1, 0.15) is 43.7 Å². The van der Waals surface area contributed by atoms with Gasteiger partial charge in [-0.25, -0.2) is 4.99 Å². The molecule has 1 aliphatic carbocycles. The van der Waals surface area contributed by atoms with Crippen LogP contribution in [0.25, 0.3) is 0 Å². The summed E-state index contributed by atoms with van der Waals surface area (Å²) in [6.07, 6.45) is 9.19. The Balaban J connectivity index is 0.00000300. The molecule has 1 heterocycles. The van der Waals surface area contributed by atoms with Gasteiger partial charge >= 0.3 is 0 Å². The molecule has 2 N–H and O–H groups in total. The van der Waals surface area contributed by atoms with Gasteiger partial charge in [0.15, 0.2) is 5.96 Å². The highest BCUT2D eigenvalue weighted by Gasteiger charge is 2.18. The number of methoxy groups -OCH3 is 1. The summed E-state index contributed by atoms with van der Waals surface area (Å²) in [6.45, 7) is 4.17.